The first-order chi connectivity index (χ1) is 7.00. The first kappa shape index (κ1) is 11.0. The molecule has 7 heteroatoms. The predicted octanol–water partition coefficient (Wildman–Crippen LogP) is -1.18. The van der Waals surface area contributed by atoms with Crippen LogP contribution in [0.15, 0.2) is 16.2 Å². The molecule has 1 aromatic heterocycles. The summed E-state index contributed by atoms with van der Waals surface area (Å²) in [5.74, 6) is -0.0302. The summed E-state index contributed by atoms with van der Waals surface area (Å²) in [6, 6.07) is 0. The van der Waals surface area contributed by atoms with Crippen molar-refractivity contribution in [2.24, 2.45) is 34.2 Å². The predicted molar refractivity (Wildman–Crippen MR) is 59.1 cm³/mol. The largest absolute Gasteiger partial charge is 0.370 e. The third-order valence-corrected chi connectivity index (χ3v) is 1.99. The Morgan fingerprint density at radius 1 is 1.47 bits per heavy atom. The lowest BCUT2D eigenvalue weighted by molar-refractivity contribution is 0.737. The highest BCUT2D eigenvalue weighted by atomic mass is 15.3. The third-order valence-electron chi connectivity index (χ3n) is 1.99. The molecule has 0 spiro atoms. The van der Waals surface area contributed by atoms with Crippen LogP contribution in [0.4, 0.5) is 0 Å². The summed E-state index contributed by atoms with van der Waals surface area (Å²) in [4.78, 5) is 7.60. The van der Waals surface area contributed by atoms with Crippen molar-refractivity contribution in [3.05, 3.63) is 17.5 Å². The molecule has 0 atom stereocenters. The molecular formula is C8H15N7. The van der Waals surface area contributed by atoms with Crippen LogP contribution in [-0.2, 0) is 13.6 Å². The Labute approximate surface area is 87.7 Å². The number of aromatic nitrogens is 2. The zero-order valence-electron chi connectivity index (χ0n) is 8.81. The second-order valence-electron chi connectivity index (χ2n) is 3.09. The molecule has 0 saturated heterocycles. The Kier molecular flexibility index (Phi) is 3.27. The first-order valence-electron chi connectivity index (χ1n) is 4.37. The number of hydrogen-bond donors (Lipinski definition) is 3. The summed E-state index contributed by atoms with van der Waals surface area (Å²) in [5, 5.41) is 4.08. The topological polar surface area (TPSA) is 121 Å². The Hall–Kier alpha value is -2.05. The smallest absolute Gasteiger partial charge is 0.218 e. The first-order valence-corrected chi connectivity index (χ1v) is 4.37. The number of guanidine groups is 2. The van der Waals surface area contributed by atoms with E-state index >= 15 is 0 Å². The molecule has 0 aliphatic rings. The van der Waals surface area contributed by atoms with E-state index in [1.54, 1.807) is 10.9 Å². The lowest BCUT2D eigenvalue weighted by atomic mass is 10.3. The Balaban J connectivity index is 2.72. The van der Waals surface area contributed by atoms with E-state index in [2.05, 4.69) is 15.1 Å². The van der Waals surface area contributed by atoms with Gasteiger partial charge >= 0.3 is 0 Å². The van der Waals surface area contributed by atoms with Gasteiger partial charge in [-0.2, -0.15) is 10.1 Å². The highest BCUT2D eigenvalue weighted by Crippen LogP contribution is 2.06. The second kappa shape index (κ2) is 4.45. The van der Waals surface area contributed by atoms with Crippen molar-refractivity contribution >= 4 is 11.9 Å². The minimum absolute atomic E-state index is 0.0678. The van der Waals surface area contributed by atoms with Crippen molar-refractivity contribution < 1.29 is 0 Å². The minimum Gasteiger partial charge on any atom is -0.370 e. The van der Waals surface area contributed by atoms with Gasteiger partial charge in [0.25, 0.3) is 0 Å². The van der Waals surface area contributed by atoms with Crippen LogP contribution in [0.2, 0.25) is 0 Å². The fraction of sp³-hybridized carbons (Fsp3) is 0.375. The van der Waals surface area contributed by atoms with Gasteiger partial charge in [0.05, 0.1) is 12.7 Å². The maximum absolute atomic E-state index is 5.45. The number of nitrogens with zero attached hydrogens (tertiary/aromatic N) is 4. The van der Waals surface area contributed by atoms with E-state index in [1.165, 1.54) is 0 Å². The van der Waals surface area contributed by atoms with Gasteiger partial charge in [0.1, 0.15) is 0 Å². The maximum atomic E-state index is 5.45. The van der Waals surface area contributed by atoms with Crippen molar-refractivity contribution in [3.63, 3.8) is 0 Å². The van der Waals surface area contributed by atoms with Gasteiger partial charge < -0.3 is 17.2 Å². The van der Waals surface area contributed by atoms with Crippen LogP contribution in [0.25, 0.3) is 0 Å². The zero-order chi connectivity index (χ0) is 11.4. The standard InChI is InChI=1S/C8H15N7/c1-5-6(4-13-15(5)2)3-12-8(11)14-7(9)10/h4H,3H2,1-2H3,(H6,9,10,11,12,14). The van der Waals surface area contributed by atoms with Crippen LogP contribution in [0.1, 0.15) is 11.3 Å². The van der Waals surface area contributed by atoms with E-state index in [4.69, 9.17) is 17.2 Å². The molecule has 1 aromatic rings. The van der Waals surface area contributed by atoms with Crippen LogP contribution >= 0.6 is 0 Å². The number of hydrogen-bond acceptors (Lipinski definition) is 2. The molecule has 1 rings (SSSR count). The average Bonchev–Trinajstić information content (AvgIpc) is 2.44. The summed E-state index contributed by atoms with van der Waals surface area (Å²) < 4.78 is 1.77. The average molecular weight is 209 g/mol. The lowest BCUT2D eigenvalue weighted by Crippen LogP contribution is -2.26. The Morgan fingerprint density at radius 2 is 2.13 bits per heavy atom. The minimum atomic E-state index is -0.0980. The van der Waals surface area contributed by atoms with Crippen molar-refractivity contribution in [2.75, 3.05) is 0 Å². The molecule has 6 N–H and O–H groups in total. The van der Waals surface area contributed by atoms with Crippen molar-refractivity contribution in [2.45, 2.75) is 13.5 Å². The molecule has 0 bridgehead atoms. The summed E-state index contributed by atoms with van der Waals surface area (Å²) in [7, 11) is 1.86. The summed E-state index contributed by atoms with van der Waals surface area (Å²) >= 11 is 0. The number of aryl methyl sites for hydroxylation is 1. The summed E-state index contributed by atoms with van der Waals surface area (Å²) in [6.07, 6.45) is 1.74. The van der Waals surface area contributed by atoms with Crippen LogP contribution in [0.5, 0.6) is 0 Å². The van der Waals surface area contributed by atoms with Crippen LogP contribution in [0.3, 0.4) is 0 Å². The molecule has 15 heavy (non-hydrogen) atoms. The van der Waals surface area contributed by atoms with Gasteiger partial charge in [-0.15, -0.1) is 0 Å². The van der Waals surface area contributed by atoms with E-state index in [9.17, 15) is 0 Å². The van der Waals surface area contributed by atoms with E-state index in [1.807, 2.05) is 14.0 Å². The van der Waals surface area contributed by atoms with Gasteiger partial charge in [0, 0.05) is 18.3 Å². The van der Waals surface area contributed by atoms with Gasteiger partial charge in [-0.3, -0.25) is 4.68 Å². The Bertz CT molecular complexity index is 397. The quantitative estimate of drug-likeness (QED) is 0.419. The van der Waals surface area contributed by atoms with E-state index in [0.717, 1.165) is 11.3 Å². The van der Waals surface area contributed by atoms with Gasteiger partial charge in [0.2, 0.25) is 5.96 Å². The Morgan fingerprint density at radius 3 is 2.60 bits per heavy atom. The van der Waals surface area contributed by atoms with Crippen LogP contribution in [0, 0.1) is 6.92 Å². The SMILES string of the molecule is Cc1c(CN=C(N)N=C(N)N)cnn1C. The molecule has 7 nitrogen and oxygen atoms in total. The fourth-order valence-electron chi connectivity index (χ4n) is 1.03. The highest BCUT2D eigenvalue weighted by molar-refractivity contribution is 5.92. The second-order valence-corrected chi connectivity index (χ2v) is 3.09. The van der Waals surface area contributed by atoms with Crippen LogP contribution in [-0.4, -0.2) is 21.7 Å². The molecule has 0 aliphatic heterocycles. The zero-order valence-corrected chi connectivity index (χ0v) is 8.81. The third kappa shape index (κ3) is 2.97. The number of aliphatic imine (C=N–C) groups is 2. The number of rotatable bonds is 2. The highest BCUT2D eigenvalue weighted by Gasteiger charge is 2.02. The normalized spacial score (nSPS) is 11.5. The monoisotopic (exact) mass is 209 g/mol. The van der Waals surface area contributed by atoms with Gasteiger partial charge in [-0.25, -0.2) is 4.99 Å². The molecule has 0 radical (unpaired) electrons. The fourth-order valence-corrected chi connectivity index (χ4v) is 1.03. The lowest BCUT2D eigenvalue weighted by Gasteiger charge is -1.97. The summed E-state index contributed by atoms with van der Waals surface area (Å²) in [6.45, 7) is 2.37. The van der Waals surface area contributed by atoms with Crippen LogP contribution < -0.4 is 17.2 Å². The molecule has 0 unspecified atom stereocenters. The summed E-state index contributed by atoms with van der Waals surface area (Å²) in [5.41, 5.74) is 17.8. The van der Waals surface area contributed by atoms with E-state index in [-0.39, 0.29) is 11.9 Å². The molecule has 1 heterocycles. The van der Waals surface area contributed by atoms with Gasteiger partial charge in [-0.05, 0) is 6.92 Å². The van der Waals surface area contributed by atoms with E-state index in [0.29, 0.717) is 6.54 Å². The van der Waals surface area contributed by atoms with Crippen molar-refractivity contribution in [1.29, 1.82) is 0 Å². The molecule has 0 aliphatic carbocycles. The van der Waals surface area contributed by atoms with Crippen molar-refractivity contribution in [1.82, 2.24) is 9.78 Å². The van der Waals surface area contributed by atoms with E-state index < -0.39 is 0 Å². The molecule has 82 valence electrons. The molecule has 0 amide bonds. The molecule has 0 fully saturated rings. The number of nitrogens with two attached hydrogens (primary N) is 3. The van der Waals surface area contributed by atoms with Gasteiger partial charge in [0.15, 0.2) is 5.96 Å². The molecule has 0 aromatic carbocycles. The maximum Gasteiger partial charge on any atom is 0.218 e. The van der Waals surface area contributed by atoms with Gasteiger partial charge in [-0.1, -0.05) is 0 Å². The van der Waals surface area contributed by atoms with Crippen molar-refractivity contribution in [3.8, 4) is 0 Å². The molecular weight excluding hydrogens is 194 g/mol. The molecule has 0 saturated carbocycles.